The maximum absolute atomic E-state index is 12.6. The molecule has 0 saturated carbocycles. The van der Waals surface area contributed by atoms with E-state index >= 15 is 0 Å². The lowest BCUT2D eigenvalue weighted by Gasteiger charge is -2.36. The van der Waals surface area contributed by atoms with Crippen molar-refractivity contribution >= 4 is 10.0 Å². The van der Waals surface area contributed by atoms with Crippen molar-refractivity contribution < 1.29 is 13.5 Å². The molecule has 1 aromatic heterocycles. The number of aromatic nitrogens is 1. The molecule has 2 saturated heterocycles. The summed E-state index contributed by atoms with van der Waals surface area (Å²) in [6, 6.07) is 2.97. The Morgan fingerprint density at radius 2 is 2.06 bits per heavy atom. The largest absolute Gasteiger partial charge is 0.391 e. The molecule has 2 fully saturated rings. The monoisotopic (exact) mass is 268 g/mol. The van der Waals surface area contributed by atoms with E-state index < -0.39 is 16.1 Å². The minimum atomic E-state index is -3.52. The summed E-state index contributed by atoms with van der Waals surface area (Å²) in [7, 11) is -3.52. The summed E-state index contributed by atoms with van der Waals surface area (Å²) >= 11 is 0. The molecule has 0 radical (unpaired) electrons. The Bertz CT molecular complexity index is 532. The van der Waals surface area contributed by atoms with Crippen LogP contribution in [0.2, 0.25) is 0 Å². The molecule has 2 bridgehead atoms. The van der Waals surface area contributed by atoms with Gasteiger partial charge in [-0.3, -0.25) is 4.98 Å². The minimum Gasteiger partial charge on any atom is -0.391 e. The third-order valence-corrected chi connectivity index (χ3v) is 5.89. The lowest BCUT2D eigenvalue weighted by molar-refractivity contribution is 0.0582. The lowest BCUT2D eigenvalue weighted by Crippen LogP contribution is -2.50. The van der Waals surface area contributed by atoms with E-state index in [9.17, 15) is 13.5 Å². The lowest BCUT2D eigenvalue weighted by atomic mass is 10.0. The SMILES string of the molecule is O=S(=O)(c1cccnc1)N1[C@H]2CCC(O)[C@@H]1CC2. The molecule has 2 aliphatic heterocycles. The number of piperidine rings is 1. The molecule has 0 amide bonds. The number of aliphatic hydroxyl groups excluding tert-OH is 1. The number of fused-ring (bicyclic) bond motifs is 2. The molecule has 3 heterocycles. The average Bonchev–Trinajstić information content (AvgIpc) is 2.73. The second-order valence-electron chi connectivity index (χ2n) is 4.97. The zero-order valence-electron chi connectivity index (χ0n) is 9.94. The van der Waals surface area contributed by atoms with Crippen LogP contribution in [-0.2, 0) is 10.0 Å². The molecular weight excluding hydrogens is 252 g/mol. The Balaban J connectivity index is 2.00. The van der Waals surface area contributed by atoms with Crippen LogP contribution in [0.4, 0.5) is 0 Å². The van der Waals surface area contributed by atoms with Gasteiger partial charge in [0.15, 0.2) is 0 Å². The Morgan fingerprint density at radius 3 is 2.78 bits per heavy atom. The van der Waals surface area contributed by atoms with Crippen LogP contribution in [0.25, 0.3) is 0 Å². The molecule has 2 aliphatic rings. The summed E-state index contributed by atoms with van der Waals surface area (Å²) < 4.78 is 26.6. The Hall–Kier alpha value is -0.980. The highest BCUT2D eigenvalue weighted by atomic mass is 32.2. The van der Waals surface area contributed by atoms with Crippen molar-refractivity contribution in [3.05, 3.63) is 24.5 Å². The number of hydrogen-bond acceptors (Lipinski definition) is 4. The zero-order chi connectivity index (χ0) is 12.8. The molecule has 6 heteroatoms. The molecular formula is C12H16N2O3S. The fraction of sp³-hybridized carbons (Fsp3) is 0.583. The number of sulfonamides is 1. The van der Waals surface area contributed by atoms with Gasteiger partial charge in [0.2, 0.25) is 10.0 Å². The molecule has 0 spiro atoms. The molecule has 18 heavy (non-hydrogen) atoms. The van der Waals surface area contributed by atoms with Crippen molar-refractivity contribution in [3.63, 3.8) is 0 Å². The summed E-state index contributed by atoms with van der Waals surface area (Å²) in [6.07, 6.45) is 5.45. The summed E-state index contributed by atoms with van der Waals surface area (Å²) in [5.74, 6) is 0. The summed E-state index contributed by atoms with van der Waals surface area (Å²) in [5, 5.41) is 9.95. The van der Waals surface area contributed by atoms with Crippen LogP contribution < -0.4 is 0 Å². The van der Waals surface area contributed by atoms with Gasteiger partial charge < -0.3 is 5.11 Å². The predicted molar refractivity (Wildman–Crippen MR) is 65.3 cm³/mol. The second kappa shape index (κ2) is 4.29. The fourth-order valence-corrected chi connectivity index (χ4v) is 4.97. The summed E-state index contributed by atoms with van der Waals surface area (Å²) in [5.41, 5.74) is 0. The second-order valence-corrected chi connectivity index (χ2v) is 6.81. The topological polar surface area (TPSA) is 70.5 Å². The van der Waals surface area contributed by atoms with Crippen LogP contribution in [0.3, 0.4) is 0 Å². The van der Waals surface area contributed by atoms with Crippen molar-refractivity contribution in [3.8, 4) is 0 Å². The number of pyridine rings is 1. The zero-order valence-corrected chi connectivity index (χ0v) is 10.8. The van der Waals surface area contributed by atoms with Gasteiger partial charge in [0.1, 0.15) is 4.90 Å². The van der Waals surface area contributed by atoms with Gasteiger partial charge in [-0.25, -0.2) is 8.42 Å². The van der Waals surface area contributed by atoms with E-state index in [0.717, 1.165) is 19.3 Å². The van der Waals surface area contributed by atoms with Crippen LogP contribution >= 0.6 is 0 Å². The van der Waals surface area contributed by atoms with E-state index in [1.807, 2.05) is 0 Å². The molecule has 1 N–H and O–H groups in total. The molecule has 1 aromatic rings. The van der Waals surface area contributed by atoms with Crippen molar-refractivity contribution in [1.82, 2.24) is 9.29 Å². The van der Waals surface area contributed by atoms with E-state index in [1.54, 1.807) is 18.3 Å². The predicted octanol–water partition coefficient (Wildman–Crippen LogP) is 0.758. The van der Waals surface area contributed by atoms with Gasteiger partial charge in [-0.2, -0.15) is 4.31 Å². The van der Waals surface area contributed by atoms with Crippen molar-refractivity contribution in [2.24, 2.45) is 0 Å². The quantitative estimate of drug-likeness (QED) is 0.859. The van der Waals surface area contributed by atoms with Gasteiger partial charge in [-0.05, 0) is 37.8 Å². The number of nitrogens with zero attached hydrogens (tertiary/aromatic N) is 2. The molecule has 5 nitrogen and oxygen atoms in total. The molecule has 1 unspecified atom stereocenters. The van der Waals surface area contributed by atoms with Gasteiger partial charge in [-0.15, -0.1) is 0 Å². The highest BCUT2D eigenvalue weighted by molar-refractivity contribution is 7.89. The van der Waals surface area contributed by atoms with Gasteiger partial charge >= 0.3 is 0 Å². The molecule has 98 valence electrons. The third kappa shape index (κ3) is 1.75. The number of rotatable bonds is 2. The first kappa shape index (κ1) is 12.1. The van der Waals surface area contributed by atoms with Gasteiger partial charge in [0, 0.05) is 18.4 Å². The van der Waals surface area contributed by atoms with Gasteiger partial charge in [0.25, 0.3) is 0 Å². The highest BCUT2D eigenvalue weighted by Gasteiger charge is 2.48. The maximum atomic E-state index is 12.6. The first-order valence-electron chi connectivity index (χ1n) is 6.22. The average molecular weight is 268 g/mol. The van der Waals surface area contributed by atoms with Crippen molar-refractivity contribution in [2.45, 2.75) is 48.8 Å². The van der Waals surface area contributed by atoms with Gasteiger partial charge in [0.05, 0.1) is 12.1 Å². The van der Waals surface area contributed by atoms with Crippen LogP contribution in [0.5, 0.6) is 0 Å². The summed E-state index contributed by atoms with van der Waals surface area (Å²) in [6.45, 7) is 0. The van der Waals surface area contributed by atoms with Crippen LogP contribution in [0.1, 0.15) is 25.7 Å². The molecule has 3 atom stereocenters. The highest BCUT2D eigenvalue weighted by Crippen LogP contribution is 2.39. The molecule has 3 rings (SSSR count). The first-order valence-corrected chi connectivity index (χ1v) is 7.66. The van der Waals surface area contributed by atoms with Crippen LogP contribution in [0, 0.1) is 0 Å². The number of aliphatic hydroxyl groups is 1. The smallest absolute Gasteiger partial charge is 0.245 e. The third-order valence-electron chi connectivity index (χ3n) is 3.93. The van der Waals surface area contributed by atoms with Crippen molar-refractivity contribution in [1.29, 1.82) is 0 Å². The van der Waals surface area contributed by atoms with Crippen LogP contribution in [0.15, 0.2) is 29.4 Å². The normalized spacial score (nSPS) is 32.6. The van der Waals surface area contributed by atoms with Crippen LogP contribution in [-0.4, -0.2) is 41.0 Å². The molecule has 0 aromatic carbocycles. The van der Waals surface area contributed by atoms with E-state index in [4.69, 9.17) is 0 Å². The van der Waals surface area contributed by atoms with E-state index in [1.165, 1.54) is 10.5 Å². The maximum Gasteiger partial charge on any atom is 0.245 e. The number of hydrogen-bond donors (Lipinski definition) is 1. The Labute approximate surface area is 107 Å². The minimum absolute atomic E-state index is 0.0450. The molecule has 0 aliphatic carbocycles. The van der Waals surface area contributed by atoms with E-state index in [2.05, 4.69) is 4.98 Å². The Kier molecular flexibility index (Phi) is 2.88. The van der Waals surface area contributed by atoms with Gasteiger partial charge in [-0.1, -0.05) is 0 Å². The summed E-state index contributed by atoms with van der Waals surface area (Å²) in [4.78, 5) is 4.09. The van der Waals surface area contributed by atoms with Crippen molar-refractivity contribution in [2.75, 3.05) is 0 Å². The van der Waals surface area contributed by atoms with E-state index in [0.29, 0.717) is 6.42 Å². The Morgan fingerprint density at radius 1 is 1.28 bits per heavy atom. The first-order chi connectivity index (χ1) is 8.60. The standard InChI is InChI=1S/C12H16N2O3S/c15-12-6-4-9-3-5-11(12)14(9)18(16,17)10-2-1-7-13-8-10/h1-2,7-9,11-12,15H,3-6H2/t9-,11+,12?/m1/s1. The fourth-order valence-electron chi connectivity index (χ4n) is 3.07. The van der Waals surface area contributed by atoms with E-state index in [-0.39, 0.29) is 17.0 Å².